The number of carbonyl (C=O) groups is 2. The Balaban J connectivity index is 2.04. The van der Waals surface area contributed by atoms with Gasteiger partial charge in [0.2, 0.25) is 0 Å². The molecule has 0 amide bonds. The van der Waals surface area contributed by atoms with E-state index in [0.717, 1.165) is 6.42 Å². The number of carboxylic acids is 1. The lowest BCUT2D eigenvalue weighted by Crippen LogP contribution is -2.38. The maximum absolute atomic E-state index is 11.4. The van der Waals surface area contributed by atoms with Crippen molar-refractivity contribution in [3.63, 3.8) is 0 Å². The lowest BCUT2D eigenvalue weighted by Gasteiger charge is -2.24. The second-order valence-corrected chi connectivity index (χ2v) is 4.80. The van der Waals surface area contributed by atoms with E-state index in [4.69, 9.17) is 21.4 Å². The minimum atomic E-state index is -0.912. The topological polar surface area (TPSA) is 63.6 Å². The predicted molar refractivity (Wildman–Crippen MR) is 45.7 cm³/mol. The number of halogens is 1. The first kappa shape index (κ1) is 8.53. The highest BCUT2D eigenvalue weighted by Crippen LogP contribution is 2.59. The smallest absolute Gasteiger partial charge is 0.310 e. The van der Waals surface area contributed by atoms with Crippen LogP contribution in [0.4, 0.5) is 0 Å². The Bertz CT molecular complexity index is 329. The van der Waals surface area contributed by atoms with Crippen LogP contribution in [0.15, 0.2) is 0 Å². The molecule has 0 spiro atoms. The zero-order valence-electron chi connectivity index (χ0n) is 7.22. The number of alkyl halides is 1. The molecule has 2 saturated carbocycles. The van der Waals surface area contributed by atoms with E-state index in [9.17, 15) is 9.59 Å². The first-order chi connectivity index (χ1) is 6.61. The molecule has 76 valence electrons. The van der Waals surface area contributed by atoms with Gasteiger partial charge in [-0.15, -0.1) is 11.6 Å². The molecule has 3 rings (SSSR count). The summed E-state index contributed by atoms with van der Waals surface area (Å²) < 4.78 is 5.10. The summed E-state index contributed by atoms with van der Waals surface area (Å²) in [5, 5.41) is 8.72. The number of hydrogen-bond acceptors (Lipinski definition) is 3. The molecule has 5 heteroatoms. The minimum Gasteiger partial charge on any atom is -0.481 e. The molecule has 0 radical (unpaired) electrons. The highest BCUT2D eigenvalue weighted by atomic mass is 35.5. The van der Waals surface area contributed by atoms with Gasteiger partial charge in [0.05, 0.1) is 17.2 Å². The van der Waals surface area contributed by atoms with E-state index in [1.54, 1.807) is 0 Å². The van der Waals surface area contributed by atoms with Crippen molar-refractivity contribution in [3.8, 4) is 0 Å². The van der Waals surface area contributed by atoms with Crippen molar-refractivity contribution >= 4 is 23.5 Å². The van der Waals surface area contributed by atoms with Crippen LogP contribution in [0.3, 0.4) is 0 Å². The Labute approximate surface area is 85.2 Å². The fraction of sp³-hybridized carbons (Fsp3) is 0.778. The van der Waals surface area contributed by atoms with Crippen LogP contribution >= 0.6 is 11.6 Å². The minimum absolute atomic E-state index is 0.0519. The molecule has 14 heavy (non-hydrogen) atoms. The molecule has 1 aliphatic heterocycles. The number of fused-ring (bicyclic) bond motifs is 1. The lowest BCUT2D eigenvalue weighted by atomic mass is 9.80. The van der Waals surface area contributed by atoms with Crippen molar-refractivity contribution in [2.45, 2.75) is 17.9 Å². The van der Waals surface area contributed by atoms with Crippen LogP contribution < -0.4 is 0 Å². The largest absolute Gasteiger partial charge is 0.481 e. The molecule has 3 aliphatic rings. The third-order valence-corrected chi connectivity index (χ3v) is 4.38. The molecule has 3 fully saturated rings. The van der Waals surface area contributed by atoms with E-state index in [0.29, 0.717) is 0 Å². The third kappa shape index (κ3) is 0.764. The van der Waals surface area contributed by atoms with Gasteiger partial charge in [-0.1, -0.05) is 0 Å². The van der Waals surface area contributed by atoms with Crippen molar-refractivity contribution in [2.75, 3.05) is 0 Å². The number of hydrogen-bond donors (Lipinski definition) is 1. The van der Waals surface area contributed by atoms with Gasteiger partial charge in [0, 0.05) is 5.92 Å². The molecule has 2 bridgehead atoms. The van der Waals surface area contributed by atoms with Gasteiger partial charge in [-0.25, -0.2) is 0 Å². The number of carbonyl (C=O) groups excluding carboxylic acids is 1. The maximum atomic E-state index is 11.4. The first-order valence-corrected chi connectivity index (χ1v) is 5.12. The summed E-state index contributed by atoms with van der Waals surface area (Å²) in [5.41, 5.74) is 0. The zero-order valence-corrected chi connectivity index (χ0v) is 7.98. The second kappa shape index (κ2) is 2.42. The number of carboxylic acid groups (broad SMARTS) is 1. The Morgan fingerprint density at radius 3 is 2.86 bits per heavy atom. The summed E-state index contributed by atoms with van der Waals surface area (Å²) in [6.07, 6.45) is 0.501. The summed E-state index contributed by atoms with van der Waals surface area (Å²) in [5.74, 6) is -2.36. The van der Waals surface area contributed by atoms with Crippen molar-refractivity contribution in [3.05, 3.63) is 0 Å². The van der Waals surface area contributed by atoms with Gasteiger partial charge in [-0.05, 0) is 12.3 Å². The molecule has 6 atom stereocenters. The Kier molecular flexibility index (Phi) is 1.48. The molecule has 4 nitrogen and oxygen atoms in total. The Morgan fingerprint density at radius 1 is 1.50 bits per heavy atom. The molecule has 0 aromatic rings. The van der Waals surface area contributed by atoms with Crippen LogP contribution in [0.5, 0.6) is 0 Å². The summed E-state index contributed by atoms with van der Waals surface area (Å²) >= 11 is 6.07. The van der Waals surface area contributed by atoms with Gasteiger partial charge in [0.15, 0.2) is 0 Å². The molecule has 1 heterocycles. The zero-order chi connectivity index (χ0) is 10.0. The number of esters is 1. The average molecular weight is 217 g/mol. The van der Waals surface area contributed by atoms with Crippen molar-refractivity contribution in [1.82, 2.24) is 0 Å². The van der Waals surface area contributed by atoms with Crippen LogP contribution in [0.1, 0.15) is 6.42 Å². The quantitative estimate of drug-likeness (QED) is 0.512. The summed E-state index contributed by atoms with van der Waals surface area (Å²) in [7, 11) is 0. The van der Waals surface area contributed by atoms with Gasteiger partial charge >= 0.3 is 11.9 Å². The predicted octanol–water partition coefficient (Wildman–Crippen LogP) is 0.486. The summed E-state index contributed by atoms with van der Waals surface area (Å²) in [4.78, 5) is 22.4. The van der Waals surface area contributed by atoms with Gasteiger partial charge in [-0.3, -0.25) is 9.59 Å². The second-order valence-electron chi connectivity index (χ2n) is 4.30. The van der Waals surface area contributed by atoms with Crippen LogP contribution in [-0.2, 0) is 14.3 Å². The normalized spacial score (nSPS) is 53.6. The van der Waals surface area contributed by atoms with E-state index in [1.807, 2.05) is 0 Å². The summed E-state index contributed by atoms with van der Waals surface area (Å²) in [6.45, 7) is 0. The molecule has 0 aromatic heterocycles. The molecule has 1 saturated heterocycles. The number of rotatable bonds is 1. The number of aliphatic carboxylic acids is 1. The standard InChI is InChI=1S/C9H9ClO4/c10-6-2-1-3-5(4(2)8(11)12)9(13)14-7(3)6/h2-7H,1H2,(H,11,12)/t2-,3-,4-,5-,6+,7+/m1/s1. The highest BCUT2D eigenvalue weighted by Gasteiger charge is 2.68. The fourth-order valence-electron chi connectivity index (χ4n) is 3.31. The maximum Gasteiger partial charge on any atom is 0.310 e. The van der Waals surface area contributed by atoms with E-state index >= 15 is 0 Å². The number of ether oxygens (including phenoxy) is 1. The van der Waals surface area contributed by atoms with Gasteiger partial charge in [-0.2, -0.15) is 0 Å². The van der Waals surface area contributed by atoms with Crippen LogP contribution in [0.2, 0.25) is 0 Å². The van der Waals surface area contributed by atoms with E-state index < -0.39 is 17.8 Å². The van der Waals surface area contributed by atoms with E-state index in [2.05, 4.69) is 0 Å². The highest BCUT2D eigenvalue weighted by molar-refractivity contribution is 6.22. The van der Waals surface area contributed by atoms with Crippen LogP contribution in [-0.4, -0.2) is 28.5 Å². The Hall–Kier alpha value is -0.770. The van der Waals surface area contributed by atoms with Crippen molar-refractivity contribution in [1.29, 1.82) is 0 Å². The fourth-order valence-corrected chi connectivity index (χ4v) is 3.81. The van der Waals surface area contributed by atoms with Gasteiger partial charge in [0.25, 0.3) is 0 Å². The van der Waals surface area contributed by atoms with E-state index in [1.165, 1.54) is 0 Å². The van der Waals surface area contributed by atoms with Crippen LogP contribution in [0.25, 0.3) is 0 Å². The van der Waals surface area contributed by atoms with E-state index in [-0.39, 0.29) is 29.3 Å². The summed E-state index contributed by atoms with van der Waals surface area (Å²) in [6, 6.07) is 0. The molecule has 1 N–H and O–H groups in total. The van der Waals surface area contributed by atoms with Gasteiger partial charge < -0.3 is 9.84 Å². The van der Waals surface area contributed by atoms with Crippen molar-refractivity contribution < 1.29 is 19.4 Å². The molecule has 0 unspecified atom stereocenters. The molecule has 0 aromatic carbocycles. The molecule has 2 aliphatic carbocycles. The van der Waals surface area contributed by atoms with Gasteiger partial charge in [0.1, 0.15) is 6.10 Å². The lowest BCUT2D eigenvalue weighted by molar-refractivity contribution is -0.151. The van der Waals surface area contributed by atoms with Crippen molar-refractivity contribution in [2.24, 2.45) is 23.7 Å². The average Bonchev–Trinajstić information content (AvgIpc) is 2.67. The molecular weight excluding hydrogens is 208 g/mol. The SMILES string of the molecule is O=C(O)[C@@H]1[C@H]2C[C@H]3[C@H](OC(=O)[C@H]31)[C@H]2Cl. The third-order valence-electron chi connectivity index (χ3n) is 3.81. The Morgan fingerprint density at radius 2 is 2.21 bits per heavy atom. The monoisotopic (exact) mass is 216 g/mol. The van der Waals surface area contributed by atoms with Crippen LogP contribution in [0, 0.1) is 23.7 Å². The first-order valence-electron chi connectivity index (χ1n) is 4.68. The molecular formula is C9H9ClO4.